The van der Waals surface area contributed by atoms with Crippen LogP contribution in [0, 0.1) is 17.5 Å². The molecule has 2 heterocycles. The second-order valence-corrected chi connectivity index (χ2v) is 8.69. The van der Waals surface area contributed by atoms with E-state index in [0.717, 1.165) is 11.1 Å². The number of urea groups is 1. The minimum atomic E-state index is -0.975. The molecule has 4 rings (SSSR count). The number of nitrogens with zero attached hydrogens (tertiary/aromatic N) is 3. The minimum absolute atomic E-state index is 0. The molecule has 198 valence electrons. The van der Waals surface area contributed by atoms with E-state index < -0.39 is 23.3 Å². The number of nitrogens with one attached hydrogen (secondary N) is 1. The number of rotatable bonds is 6. The average molecular weight is 519 g/mol. The Labute approximate surface area is 214 Å². The molecular weight excluding hydrogens is 488 g/mol. The normalized spacial score (nSPS) is 17.2. The van der Waals surface area contributed by atoms with Gasteiger partial charge < -0.3 is 15.0 Å². The van der Waals surface area contributed by atoms with Gasteiger partial charge in [-0.05, 0) is 43.5 Å². The quantitative estimate of drug-likeness (QED) is 0.478. The summed E-state index contributed by atoms with van der Waals surface area (Å²) in [4.78, 5) is 28.6. The molecule has 2 aromatic rings. The lowest BCUT2D eigenvalue weighted by Gasteiger charge is -2.39. The Hall–Kier alpha value is -3.79. The third-order valence-electron chi connectivity index (χ3n) is 6.29. The molecule has 6 nitrogen and oxygen atoms in total. The van der Waals surface area contributed by atoms with Gasteiger partial charge in [0.15, 0.2) is 0 Å². The van der Waals surface area contributed by atoms with Gasteiger partial charge in [0.2, 0.25) is 0 Å². The maximum atomic E-state index is 14.7. The van der Waals surface area contributed by atoms with Gasteiger partial charge in [0.1, 0.15) is 30.1 Å². The molecule has 1 unspecified atom stereocenters. The number of fused-ring (bicyclic) bond motifs is 1. The van der Waals surface area contributed by atoms with Crippen molar-refractivity contribution in [2.45, 2.75) is 39.4 Å². The first kappa shape index (κ1) is 27.8. The first-order chi connectivity index (χ1) is 17.7. The van der Waals surface area contributed by atoms with E-state index >= 15 is 0 Å². The standard InChI is InChI=1S/C26H26F4N4O.CH2O.H2/c1-15-5-4-6-21(28)24(32-15)14-34-25-9-17(7-8-19(25)16(2)33(3)26(34)35)12-31-13-20-22(29)10-18(27)11-23(20)30;1-2;/h5-11,16,31H,4,12-14H2,1-3H3;1H2;1H. The summed E-state index contributed by atoms with van der Waals surface area (Å²) in [6, 6.07) is 6.35. The molecule has 2 aliphatic rings. The number of benzene rings is 2. The molecule has 1 N–H and O–H groups in total. The van der Waals surface area contributed by atoms with Crippen LogP contribution in [0.2, 0.25) is 0 Å². The van der Waals surface area contributed by atoms with Gasteiger partial charge in [-0.1, -0.05) is 18.2 Å². The van der Waals surface area contributed by atoms with Gasteiger partial charge in [-0.15, -0.1) is 0 Å². The van der Waals surface area contributed by atoms with E-state index in [2.05, 4.69) is 10.3 Å². The first-order valence-corrected chi connectivity index (χ1v) is 11.6. The van der Waals surface area contributed by atoms with Crippen molar-refractivity contribution in [3.8, 4) is 0 Å². The molecule has 0 radical (unpaired) electrons. The van der Waals surface area contributed by atoms with Crippen molar-refractivity contribution in [2.24, 2.45) is 4.99 Å². The smallest absolute Gasteiger partial charge is 0.321 e. The van der Waals surface area contributed by atoms with Gasteiger partial charge in [-0.25, -0.2) is 22.4 Å². The highest BCUT2D eigenvalue weighted by Crippen LogP contribution is 2.36. The molecule has 1 atom stereocenters. The third-order valence-corrected chi connectivity index (χ3v) is 6.29. The second kappa shape index (κ2) is 12.0. The summed E-state index contributed by atoms with van der Waals surface area (Å²) in [7, 11) is 1.69. The van der Waals surface area contributed by atoms with Crippen molar-refractivity contribution < 1.29 is 28.6 Å². The number of anilines is 1. The molecule has 2 aliphatic heterocycles. The lowest BCUT2D eigenvalue weighted by molar-refractivity contribution is -0.0980. The highest BCUT2D eigenvalue weighted by Gasteiger charge is 2.34. The topological polar surface area (TPSA) is 65.0 Å². The third kappa shape index (κ3) is 6.14. The van der Waals surface area contributed by atoms with E-state index in [1.165, 1.54) is 11.0 Å². The van der Waals surface area contributed by atoms with Gasteiger partial charge in [-0.2, -0.15) is 0 Å². The fraction of sp³-hybridized carbons (Fsp3) is 0.296. The van der Waals surface area contributed by atoms with E-state index in [4.69, 9.17) is 4.79 Å². The van der Waals surface area contributed by atoms with Gasteiger partial charge in [-0.3, -0.25) is 9.89 Å². The number of aliphatic imine (C=N–C) groups is 1. The molecule has 0 fully saturated rings. The van der Waals surface area contributed by atoms with E-state index in [0.29, 0.717) is 29.9 Å². The van der Waals surface area contributed by atoms with Crippen molar-refractivity contribution in [1.82, 2.24) is 10.2 Å². The average Bonchev–Trinajstić information content (AvgIpc) is 3.02. The number of allylic oxidation sites excluding steroid dienone is 3. The lowest BCUT2D eigenvalue weighted by Crippen LogP contribution is -2.49. The molecule has 2 aromatic carbocycles. The van der Waals surface area contributed by atoms with Crippen LogP contribution in [-0.2, 0) is 17.9 Å². The summed E-state index contributed by atoms with van der Waals surface area (Å²) in [5.74, 6) is -3.36. The van der Waals surface area contributed by atoms with Gasteiger partial charge in [0.25, 0.3) is 0 Å². The summed E-state index contributed by atoms with van der Waals surface area (Å²) < 4.78 is 55.7. The van der Waals surface area contributed by atoms with Gasteiger partial charge in [0.05, 0.1) is 24.0 Å². The number of carbonyl (C=O) groups excluding carboxylic acids is 2. The Balaban J connectivity index is 0.00000165. The molecule has 0 saturated heterocycles. The Morgan fingerprint density at radius 2 is 1.76 bits per heavy atom. The van der Waals surface area contributed by atoms with Crippen molar-refractivity contribution >= 4 is 24.2 Å². The molecule has 0 aromatic heterocycles. The number of halogens is 4. The molecule has 0 saturated carbocycles. The van der Waals surface area contributed by atoms with Crippen LogP contribution >= 0.6 is 0 Å². The fourth-order valence-electron chi connectivity index (χ4n) is 4.20. The SMILES string of the molecule is C=O.CC1=CCC=C(F)C(CN2C(=O)N(C)C(C)c3ccc(CNCc4c(F)cc(F)cc4F)cc32)=N1.[HH]. The predicted octanol–water partition coefficient (Wildman–Crippen LogP) is 5.99. The van der Waals surface area contributed by atoms with Gasteiger partial charge >= 0.3 is 6.03 Å². The van der Waals surface area contributed by atoms with Crippen molar-refractivity contribution in [3.63, 3.8) is 0 Å². The number of amides is 2. The zero-order valence-electron chi connectivity index (χ0n) is 20.8. The zero-order chi connectivity index (χ0) is 27.3. The Kier molecular flexibility index (Phi) is 8.99. The monoisotopic (exact) mass is 518 g/mol. The van der Waals surface area contributed by atoms with Crippen LogP contribution in [0.15, 0.2) is 59.0 Å². The maximum Gasteiger partial charge on any atom is 0.325 e. The van der Waals surface area contributed by atoms with E-state index in [1.807, 2.05) is 38.0 Å². The van der Waals surface area contributed by atoms with Crippen LogP contribution in [0.1, 0.15) is 44.4 Å². The van der Waals surface area contributed by atoms with Crippen LogP contribution in [0.5, 0.6) is 0 Å². The Morgan fingerprint density at radius 3 is 2.43 bits per heavy atom. The molecule has 37 heavy (non-hydrogen) atoms. The summed E-state index contributed by atoms with van der Waals surface area (Å²) in [5.41, 5.74) is 2.86. The van der Waals surface area contributed by atoms with Crippen LogP contribution in [-0.4, -0.2) is 37.0 Å². The summed E-state index contributed by atoms with van der Waals surface area (Å²) in [6.07, 6.45) is 3.67. The number of hydrogen-bond donors (Lipinski definition) is 1. The molecular formula is C27H30F4N4O2. The molecule has 2 amide bonds. The van der Waals surface area contributed by atoms with Crippen LogP contribution in [0.3, 0.4) is 0 Å². The van der Waals surface area contributed by atoms with E-state index in [1.54, 1.807) is 18.9 Å². The van der Waals surface area contributed by atoms with Crippen LogP contribution in [0.25, 0.3) is 0 Å². The molecule has 10 heteroatoms. The van der Waals surface area contributed by atoms with Gasteiger partial charge in [0, 0.05) is 45.0 Å². The Morgan fingerprint density at radius 1 is 1.08 bits per heavy atom. The summed E-state index contributed by atoms with van der Waals surface area (Å²) >= 11 is 0. The number of carbonyl (C=O) groups is 2. The summed E-state index contributed by atoms with van der Waals surface area (Å²) in [5, 5.41) is 2.96. The lowest BCUT2D eigenvalue weighted by atomic mass is 9.98. The van der Waals surface area contributed by atoms with E-state index in [-0.39, 0.29) is 44.4 Å². The van der Waals surface area contributed by atoms with Crippen molar-refractivity contribution in [1.29, 1.82) is 0 Å². The van der Waals surface area contributed by atoms with E-state index in [9.17, 15) is 22.4 Å². The zero-order valence-corrected chi connectivity index (χ0v) is 20.8. The summed E-state index contributed by atoms with van der Waals surface area (Å²) in [6.45, 7) is 5.74. The Bertz CT molecular complexity index is 1260. The van der Waals surface area contributed by atoms with Crippen molar-refractivity contribution in [2.75, 3.05) is 18.5 Å². The highest BCUT2D eigenvalue weighted by atomic mass is 19.1. The van der Waals surface area contributed by atoms with Crippen LogP contribution in [0.4, 0.5) is 28.0 Å². The maximum absolute atomic E-state index is 14.7. The van der Waals surface area contributed by atoms with Crippen LogP contribution < -0.4 is 10.2 Å². The number of hydrogen-bond acceptors (Lipinski definition) is 4. The largest absolute Gasteiger partial charge is 0.325 e. The fourth-order valence-corrected chi connectivity index (χ4v) is 4.20. The molecule has 0 aliphatic carbocycles. The predicted molar refractivity (Wildman–Crippen MR) is 136 cm³/mol. The first-order valence-electron chi connectivity index (χ1n) is 11.6. The highest BCUT2D eigenvalue weighted by molar-refractivity contribution is 6.08. The molecule has 0 bridgehead atoms. The molecule has 0 spiro atoms. The minimum Gasteiger partial charge on any atom is -0.321 e. The van der Waals surface area contributed by atoms with Crippen molar-refractivity contribution in [3.05, 3.63) is 88.1 Å². The second-order valence-electron chi connectivity index (χ2n) is 8.69.